The van der Waals surface area contributed by atoms with Crippen LogP contribution in [0.3, 0.4) is 0 Å². The zero-order chi connectivity index (χ0) is 23.9. The molecule has 1 saturated heterocycles. The lowest BCUT2D eigenvalue weighted by atomic mass is 9.95. The van der Waals surface area contributed by atoms with Crippen molar-refractivity contribution in [3.05, 3.63) is 88.1 Å². The maximum atomic E-state index is 13.2. The van der Waals surface area contributed by atoms with Gasteiger partial charge in [0.05, 0.1) is 19.2 Å². The summed E-state index contributed by atoms with van der Waals surface area (Å²) in [5.74, 6) is 0.967. The van der Waals surface area contributed by atoms with Crippen molar-refractivity contribution in [3.8, 4) is 0 Å². The fraction of sp³-hybridized carbons (Fsp3) is 0.423. The van der Waals surface area contributed by atoms with E-state index in [1.807, 2.05) is 72.5 Å². The van der Waals surface area contributed by atoms with E-state index in [0.717, 1.165) is 29.8 Å². The molecule has 0 aliphatic carbocycles. The third-order valence-electron chi connectivity index (χ3n) is 6.46. The summed E-state index contributed by atoms with van der Waals surface area (Å²) in [4.78, 5) is 27.8. The highest BCUT2D eigenvalue weighted by Gasteiger charge is 2.29. The van der Waals surface area contributed by atoms with Crippen molar-refractivity contribution in [2.45, 2.75) is 44.8 Å². The molecule has 2 amide bonds. The van der Waals surface area contributed by atoms with Crippen molar-refractivity contribution in [1.29, 1.82) is 0 Å². The quantitative estimate of drug-likeness (QED) is 0.555. The molecule has 0 atom stereocenters. The summed E-state index contributed by atoms with van der Waals surface area (Å²) in [6.07, 6.45) is 1.55. The van der Waals surface area contributed by atoms with Gasteiger partial charge in [-0.05, 0) is 30.9 Å². The van der Waals surface area contributed by atoms with Gasteiger partial charge in [0, 0.05) is 32.7 Å². The van der Waals surface area contributed by atoms with E-state index in [2.05, 4.69) is 10.4 Å². The Labute approximate surface area is 200 Å². The van der Waals surface area contributed by atoms with E-state index >= 15 is 0 Å². The third-order valence-corrected chi connectivity index (χ3v) is 6.46. The van der Waals surface area contributed by atoms with Crippen LogP contribution in [-0.2, 0) is 17.8 Å². The molecule has 1 N–H and O–H groups in total. The van der Waals surface area contributed by atoms with Gasteiger partial charge in [0.1, 0.15) is 5.82 Å². The van der Waals surface area contributed by atoms with Crippen LogP contribution in [0.1, 0.15) is 48.7 Å². The molecule has 0 spiro atoms. The van der Waals surface area contributed by atoms with Crippen molar-refractivity contribution >= 4 is 6.03 Å². The van der Waals surface area contributed by atoms with Crippen LogP contribution in [0.25, 0.3) is 0 Å². The summed E-state index contributed by atoms with van der Waals surface area (Å²) in [5, 5.41) is 7.84. The molecule has 1 fully saturated rings. The van der Waals surface area contributed by atoms with Crippen LogP contribution in [0.15, 0.2) is 65.5 Å². The van der Waals surface area contributed by atoms with Crippen molar-refractivity contribution in [2.24, 2.45) is 0 Å². The zero-order valence-electron chi connectivity index (χ0n) is 19.9. The largest absolute Gasteiger partial charge is 0.383 e. The number of hydrogen-bond acceptors (Lipinski definition) is 4. The van der Waals surface area contributed by atoms with Gasteiger partial charge in [-0.2, -0.15) is 5.10 Å². The lowest BCUT2D eigenvalue weighted by Gasteiger charge is -2.33. The first-order chi connectivity index (χ1) is 16.6. The molecule has 2 aromatic carbocycles. The first kappa shape index (κ1) is 23.8. The Bertz CT molecular complexity index is 1080. The second kappa shape index (κ2) is 11.2. The summed E-state index contributed by atoms with van der Waals surface area (Å²) in [6, 6.07) is 19.8. The molecule has 180 valence electrons. The third kappa shape index (κ3) is 5.22. The van der Waals surface area contributed by atoms with Crippen molar-refractivity contribution < 1.29 is 9.53 Å². The number of aromatic nitrogens is 3. The van der Waals surface area contributed by atoms with E-state index in [1.165, 1.54) is 4.68 Å². The molecule has 1 aliphatic heterocycles. The van der Waals surface area contributed by atoms with Crippen molar-refractivity contribution in [1.82, 2.24) is 24.6 Å². The summed E-state index contributed by atoms with van der Waals surface area (Å²) >= 11 is 0. The average Bonchev–Trinajstić information content (AvgIpc) is 3.22. The minimum absolute atomic E-state index is 0.0744. The maximum absolute atomic E-state index is 13.2. The number of benzene rings is 2. The Hall–Kier alpha value is -3.39. The number of amides is 2. The number of hydrogen-bond donors (Lipinski definition) is 1. The fourth-order valence-corrected chi connectivity index (χ4v) is 4.59. The number of carbonyl (C=O) groups is 1. The van der Waals surface area contributed by atoms with E-state index in [9.17, 15) is 9.59 Å². The Morgan fingerprint density at radius 3 is 2.18 bits per heavy atom. The van der Waals surface area contributed by atoms with Crippen LogP contribution >= 0.6 is 0 Å². The van der Waals surface area contributed by atoms with E-state index in [0.29, 0.717) is 32.8 Å². The molecule has 0 bridgehead atoms. The molecule has 8 nitrogen and oxygen atoms in total. The van der Waals surface area contributed by atoms with Gasteiger partial charge in [-0.25, -0.2) is 14.3 Å². The lowest BCUT2D eigenvalue weighted by Crippen LogP contribution is -2.45. The molecule has 1 aliphatic rings. The van der Waals surface area contributed by atoms with Crippen LogP contribution in [0.4, 0.5) is 4.79 Å². The number of methoxy groups -OCH3 is 1. The summed E-state index contributed by atoms with van der Waals surface area (Å²) < 4.78 is 8.34. The van der Waals surface area contributed by atoms with Gasteiger partial charge in [-0.3, -0.25) is 4.57 Å². The molecular formula is C26H33N5O3. The maximum Gasteiger partial charge on any atom is 0.345 e. The van der Waals surface area contributed by atoms with Crippen LogP contribution in [-0.4, -0.2) is 52.1 Å². The lowest BCUT2D eigenvalue weighted by molar-refractivity contribution is 0.176. The van der Waals surface area contributed by atoms with Crippen LogP contribution in [0, 0.1) is 0 Å². The molecule has 4 rings (SSSR count). The van der Waals surface area contributed by atoms with Gasteiger partial charge in [-0.1, -0.05) is 60.7 Å². The average molecular weight is 464 g/mol. The number of ether oxygens (including phenoxy) is 1. The highest BCUT2D eigenvalue weighted by molar-refractivity contribution is 5.75. The number of nitrogens with one attached hydrogen (secondary N) is 1. The Morgan fingerprint density at radius 2 is 1.65 bits per heavy atom. The molecule has 34 heavy (non-hydrogen) atoms. The number of nitrogens with zero attached hydrogens (tertiary/aromatic N) is 4. The first-order valence-electron chi connectivity index (χ1n) is 11.9. The molecule has 8 heteroatoms. The monoisotopic (exact) mass is 463 g/mol. The first-order valence-corrected chi connectivity index (χ1v) is 11.9. The van der Waals surface area contributed by atoms with E-state index < -0.39 is 0 Å². The minimum Gasteiger partial charge on any atom is -0.383 e. The van der Waals surface area contributed by atoms with Crippen molar-refractivity contribution in [3.63, 3.8) is 0 Å². The standard InChI is InChI=1S/C26H33N5O3/c1-3-30-24(28-31(26(30)33)18-19-34-2)22-14-16-29(17-15-22)25(32)27-23(20-10-6-4-7-11-20)21-12-8-5-9-13-21/h4-13,22-23H,3,14-19H2,1-2H3,(H,27,32). The molecule has 0 unspecified atom stereocenters. The normalized spacial score (nSPS) is 14.5. The van der Waals surface area contributed by atoms with Gasteiger partial charge < -0.3 is 15.0 Å². The SMILES string of the molecule is CCn1c(C2CCN(C(=O)NC(c3ccccc3)c3ccccc3)CC2)nn(CCOC)c1=O. The van der Waals surface area contributed by atoms with Crippen molar-refractivity contribution in [2.75, 3.05) is 26.8 Å². The Balaban J connectivity index is 1.44. The van der Waals surface area contributed by atoms with Gasteiger partial charge in [0.25, 0.3) is 0 Å². The van der Waals surface area contributed by atoms with Crippen LogP contribution in [0.2, 0.25) is 0 Å². The Morgan fingerprint density at radius 1 is 1.06 bits per heavy atom. The second-order valence-electron chi connectivity index (χ2n) is 8.57. The number of piperidine rings is 1. The highest BCUT2D eigenvalue weighted by Crippen LogP contribution is 2.27. The van der Waals surface area contributed by atoms with Crippen LogP contribution < -0.4 is 11.0 Å². The number of rotatable bonds is 8. The molecular weight excluding hydrogens is 430 g/mol. The number of likely N-dealkylation sites (tertiary alicyclic amines) is 1. The van der Waals surface area contributed by atoms with Gasteiger partial charge in [0.2, 0.25) is 0 Å². The van der Waals surface area contributed by atoms with E-state index in [-0.39, 0.29) is 23.7 Å². The molecule has 0 saturated carbocycles. The smallest absolute Gasteiger partial charge is 0.345 e. The van der Waals surface area contributed by atoms with Gasteiger partial charge in [-0.15, -0.1) is 0 Å². The van der Waals surface area contributed by atoms with Gasteiger partial charge in [0.15, 0.2) is 0 Å². The number of urea groups is 1. The molecule has 3 aromatic rings. The zero-order valence-corrected chi connectivity index (χ0v) is 19.9. The summed E-state index contributed by atoms with van der Waals surface area (Å²) in [7, 11) is 1.61. The molecule has 0 radical (unpaired) electrons. The van der Waals surface area contributed by atoms with E-state index in [4.69, 9.17) is 4.74 Å². The fourth-order valence-electron chi connectivity index (χ4n) is 4.59. The number of carbonyl (C=O) groups excluding carboxylic acids is 1. The molecule has 1 aromatic heterocycles. The minimum atomic E-state index is -0.214. The predicted molar refractivity (Wildman–Crippen MR) is 131 cm³/mol. The summed E-state index contributed by atoms with van der Waals surface area (Å²) in [5.41, 5.74) is 2.00. The Kier molecular flexibility index (Phi) is 7.80. The summed E-state index contributed by atoms with van der Waals surface area (Å²) in [6.45, 7) is 4.67. The molecule has 2 heterocycles. The van der Waals surface area contributed by atoms with Crippen LogP contribution in [0.5, 0.6) is 0 Å². The topological polar surface area (TPSA) is 81.4 Å². The highest BCUT2D eigenvalue weighted by atomic mass is 16.5. The predicted octanol–water partition coefficient (Wildman–Crippen LogP) is 3.39. The van der Waals surface area contributed by atoms with Gasteiger partial charge >= 0.3 is 11.7 Å². The van der Waals surface area contributed by atoms with E-state index in [1.54, 1.807) is 11.7 Å². The second-order valence-corrected chi connectivity index (χ2v) is 8.57.